The molecule has 14 nitrogen and oxygen atoms in total. The zero-order chi connectivity index (χ0) is 45.1. The average Bonchev–Trinajstić information content (AvgIpc) is 3.35. The minimum atomic E-state index is 0.427. The third-order valence-corrected chi connectivity index (χ3v) is 11.7. The van der Waals surface area contributed by atoms with Gasteiger partial charge in [0.25, 0.3) is 0 Å². The van der Waals surface area contributed by atoms with Crippen molar-refractivity contribution in [3.8, 4) is 23.0 Å². The molecule has 360 valence electrons. The van der Waals surface area contributed by atoms with Gasteiger partial charge in [-0.05, 0) is 46.5 Å². The van der Waals surface area contributed by atoms with Crippen molar-refractivity contribution >= 4 is 0 Å². The molecule has 0 saturated carbocycles. The van der Waals surface area contributed by atoms with Crippen LogP contribution in [-0.2, 0) is 54.6 Å². The molecule has 1 saturated heterocycles. The molecule has 14 heteroatoms. The van der Waals surface area contributed by atoms with Crippen LogP contribution in [0.25, 0.3) is 0 Å². The maximum absolute atomic E-state index is 6.29. The Morgan fingerprint density at radius 2 is 0.515 bits per heavy atom. The number of rotatable bonds is 8. The van der Waals surface area contributed by atoms with E-state index in [9.17, 15) is 0 Å². The third-order valence-electron chi connectivity index (χ3n) is 11.7. The molecular weight excluding hydrogens is 841 g/mol. The molecule has 3 aliphatic rings. The minimum Gasteiger partial charge on any atom is -0.487 e. The highest BCUT2D eigenvalue weighted by Crippen LogP contribution is 2.31. The number of fused-ring (bicyclic) bond motifs is 2. The van der Waals surface area contributed by atoms with E-state index in [0.717, 1.165) is 102 Å². The van der Waals surface area contributed by atoms with Gasteiger partial charge in [-0.15, -0.1) is 0 Å². The number of benzene rings is 4. The fourth-order valence-corrected chi connectivity index (χ4v) is 8.10. The number of nitrogens with zero attached hydrogens (tertiary/aromatic N) is 4. The van der Waals surface area contributed by atoms with Crippen LogP contribution in [0.3, 0.4) is 0 Å². The first-order valence-corrected chi connectivity index (χ1v) is 23.9. The highest BCUT2D eigenvalue weighted by atomic mass is 16.6. The summed E-state index contributed by atoms with van der Waals surface area (Å²) in [6.07, 6.45) is 0. The molecule has 66 heavy (non-hydrogen) atoms. The highest BCUT2D eigenvalue weighted by molar-refractivity contribution is 5.44. The lowest BCUT2D eigenvalue weighted by atomic mass is 10.1. The largest absolute Gasteiger partial charge is 0.487 e. The van der Waals surface area contributed by atoms with Crippen LogP contribution in [0.4, 0.5) is 0 Å². The molecular formula is C52H72N4O10. The zero-order valence-corrected chi connectivity index (χ0v) is 38.9. The van der Waals surface area contributed by atoms with E-state index in [2.05, 4.69) is 105 Å². The summed E-state index contributed by atoms with van der Waals surface area (Å²) in [5.41, 5.74) is 5.00. The smallest absolute Gasteiger partial charge is 0.161 e. The predicted octanol–water partition coefficient (Wildman–Crippen LogP) is 5.65. The van der Waals surface area contributed by atoms with Crippen molar-refractivity contribution in [3.05, 3.63) is 119 Å². The lowest BCUT2D eigenvalue weighted by Gasteiger charge is -2.34. The first kappa shape index (κ1) is 49.6. The highest BCUT2D eigenvalue weighted by Gasteiger charge is 2.20. The zero-order valence-electron chi connectivity index (χ0n) is 38.9. The maximum Gasteiger partial charge on any atom is 0.161 e. The van der Waals surface area contributed by atoms with Gasteiger partial charge in [0.2, 0.25) is 0 Å². The van der Waals surface area contributed by atoms with Crippen molar-refractivity contribution in [2.45, 2.75) is 26.2 Å². The molecule has 0 N–H and O–H groups in total. The standard InChI is InChI=1S/C52H72N4O10/c1-3-7-45(8-4-1)41-53-15-19-55(43-47-11-13-49-51(39-47)65-37-33-61-29-25-57-23-27-59-31-35-63-49)21-17-54(42-46-9-5-2-6-10-46)18-22-56(20-16-53)44-48-12-14-50-52(40-48)66-38-34-62-30-26-58-24-28-60-32-36-64-50/h1-14,39-40H,15-38,41-44H2. The SMILES string of the molecule is c1ccc(CN2CCN(Cc3ccc4c(c3)OCCOCCOCCOCCO4)CCN(Cc3ccccc3)CCN(Cc3ccc4c(c3)OCCOCCOCCOCCO4)CC2)cc1. The van der Waals surface area contributed by atoms with E-state index < -0.39 is 0 Å². The van der Waals surface area contributed by atoms with Crippen molar-refractivity contribution in [1.29, 1.82) is 0 Å². The number of ether oxygens (including phenoxy) is 10. The first-order valence-electron chi connectivity index (χ1n) is 23.9. The van der Waals surface area contributed by atoms with E-state index >= 15 is 0 Å². The van der Waals surface area contributed by atoms with Gasteiger partial charge in [0.05, 0.1) is 79.3 Å². The fourth-order valence-electron chi connectivity index (χ4n) is 8.10. The van der Waals surface area contributed by atoms with Gasteiger partial charge >= 0.3 is 0 Å². The molecule has 0 spiro atoms. The van der Waals surface area contributed by atoms with E-state index in [1.54, 1.807) is 0 Å². The van der Waals surface area contributed by atoms with Gasteiger partial charge < -0.3 is 47.4 Å². The summed E-state index contributed by atoms with van der Waals surface area (Å²) in [5, 5.41) is 0. The Bertz CT molecular complexity index is 1760. The van der Waals surface area contributed by atoms with E-state index in [1.165, 1.54) is 22.3 Å². The Morgan fingerprint density at radius 3 is 0.818 bits per heavy atom. The van der Waals surface area contributed by atoms with E-state index in [1.807, 2.05) is 12.1 Å². The van der Waals surface area contributed by atoms with Crippen LogP contribution in [-0.4, -0.2) is 178 Å². The molecule has 0 atom stereocenters. The van der Waals surface area contributed by atoms with Crippen LogP contribution in [0.1, 0.15) is 22.3 Å². The molecule has 0 amide bonds. The van der Waals surface area contributed by atoms with Crippen molar-refractivity contribution in [2.24, 2.45) is 0 Å². The summed E-state index contributed by atoms with van der Waals surface area (Å²) in [5.74, 6) is 2.90. The lowest BCUT2D eigenvalue weighted by molar-refractivity contribution is 0.00708. The average molecular weight is 913 g/mol. The molecule has 3 aliphatic heterocycles. The molecule has 0 aliphatic carbocycles. The molecule has 0 bridgehead atoms. The van der Waals surface area contributed by atoms with Gasteiger partial charge in [-0.1, -0.05) is 72.8 Å². The minimum absolute atomic E-state index is 0.427. The summed E-state index contributed by atoms with van der Waals surface area (Å²) in [4.78, 5) is 10.4. The molecule has 4 aromatic rings. The Kier molecular flexibility index (Phi) is 22.1. The third kappa shape index (κ3) is 18.4. The lowest BCUT2D eigenvalue weighted by Crippen LogP contribution is -2.45. The van der Waals surface area contributed by atoms with Crippen molar-refractivity contribution in [2.75, 3.05) is 158 Å². The van der Waals surface area contributed by atoms with Crippen LogP contribution in [0.5, 0.6) is 23.0 Å². The Morgan fingerprint density at radius 1 is 0.258 bits per heavy atom. The van der Waals surface area contributed by atoms with Gasteiger partial charge in [-0.3, -0.25) is 19.6 Å². The molecule has 3 heterocycles. The Labute approximate surface area is 392 Å². The molecule has 0 radical (unpaired) electrons. The number of hydrogen-bond acceptors (Lipinski definition) is 14. The van der Waals surface area contributed by atoms with E-state index in [4.69, 9.17) is 47.4 Å². The van der Waals surface area contributed by atoms with Crippen LogP contribution in [0.2, 0.25) is 0 Å². The van der Waals surface area contributed by atoms with Crippen LogP contribution >= 0.6 is 0 Å². The van der Waals surface area contributed by atoms with E-state index in [-0.39, 0.29) is 0 Å². The monoisotopic (exact) mass is 913 g/mol. The van der Waals surface area contributed by atoms with Crippen LogP contribution < -0.4 is 18.9 Å². The van der Waals surface area contributed by atoms with Gasteiger partial charge in [-0.2, -0.15) is 0 Å². The number of hydrogen-bond donors (Lipinski definition) is 0. The van der Waals surface area contributed by atoms with Crippen molar-refractivity contribution < 1.29 is 47.4 Å². The van der Waals surface area contributed by atoms with Gasteiger partial charge in [-0.25, -0.2) is 0 Å². The van der Waals surface area contributed by atoms with Crippen LogP contribution in [0.15, 0.2) is 97.1 Å². The topological polar surface area (TPSA) is 105 Å². The molecule has 1 fully saturated rings. The van der Waals surface area contributed by atoms with Crippen LogP contribution in [0, 0.1) is 0 Å². The molecule has 0 aromatic heterocycles. The summed E-state index contributed by atoms with van der Waals surface area (Å²) in [6.45, 7) is 18.6. The molecule has 4 aromatic carbocycles. The van der Waals surface area contributed by atoms with Crippen molar-refractivity contribution in [1.82, 2.24) is 19.6 Å². The Balaban J connectivity index is 1.08. The van der Waals surface area contributed by atoms with E-state index in [0.29, 0.717) is 106 Å². The summed E-state index contributed by atoms with van der Waals surface area (Å²) < 4.78 is 59.0. The summed E-state index contributed by atoms with van der Waals surface area (Å²) >= 11 is 0. The van der Waals surface area contributed by atoms with Crippen molar-refractivity contribution in [3.63, 3.8) is 0 Å². The summed E-state index contributed by atoms with van der Waals surface area (Å²) in [7, 11) is 0. The molecule has 0 unspecified atom stereocenters. The maximum atomic E-state index is 6.29. The normalized spacial score (nSPS) is 20.0. The quantitative estimate of drug-likeness (QED) is 0.218. The molecule has 7 rings (SSSR count). The van der Waals surface area contributed by atoms with Gasteiger partial charge in [0.15, 0.2) is 23.0 Å². The van der Waals surface area contributed by atoms with Gasteiger partial charge in [0, 0.05) is 78.5 Å². The Hall–Kier alpha value is -4.32. The second-order valence-electron chi connectivity index (χ2n) is 16.7. The second kappa shape index (κ2) is 29.4. The second-order valence-corrected chi connectivity index (χ2v) is 16.7. The first-order chi connectivity index (χ1) is 32.7. The summed E-state index contributed by atoms with van der Waals surface area (Å²) in [6, 6.07) is 34.4. The predicted molar refractivity (Wildman–Crippen MR) is 254 cm³/mol. The van der Waals surface area contributed by atoms with Gasteiger partial charge in [0.1, 0.15) is 26.4 Å². The fraction of sp³-hybridized carbons (Fsp3) is 0.538.